The first-order chi connectivity index (χ1) is 9.94. The first kappa shape index (κ1) is 16.3. The van der Waals surface area contributed by atoms with Crippen molar-refractivity contribution in [2.45, 2.75) is 18.0 Å². The van der Waals surface area contributed by atoms with Gasteiger partial charge in [0.15, 0.2) is 0 Å². The third-order valence-electron chi connectivity index (χ3n) is 2.88. The van der Waals surface area contributed by atoms with E-state index in [0.29, 0.717) is 16.1 Å². The minimum atomic E-state index is -3.79. The van der Waals surface area contributed by atoms with Crippen molar-refractivity contribution in [2.24, 2.45) is 0 Å². The molecule has 0 bridgehead atoms. The van der Waals surface area contributed by atoms with Crippen molar-refractivity contribution in [2.75, 3.05) is 0 Å². The summed E-state index contributed by atoms with van der Waals surface area (Å²) in [7, 11) is -3.79. The Balaban J connectivity index is 2.25. The Labute approximate surface area is 133 Å². The molecular weight excluding hydrogens is 333 g/mol. The van der Waals surface area contributed by atoms with Crippen molar-refractivity contribution in [3.63, 3.8) is 0 Å². The second-order valence-electron chi connectivity index (χ2n) is 4.34. The van der Waals surface area contributed by atoms with Crippen LogP contribution in [-0.4, -0.2) is 13.5 Å². The highest BCUT2D eigenvalue weighted by Gasteiger charge is 2.18. The number of rotatable bonds is 5. The fourth-order valence-corrected chi connectivity index (χ4v) is 3.50. The van der Waals surface area contributed by atoms with Gasteiger partial charge in [-0.2, -0.15) is 0 Å². The minimum Gasteiger partial charge on any atom is -0.392 e. The number of halogens is 2. The summed E-state index contributed by atoms with van der Waals surface area (Å²) < 4.78 is 27.0. The van der Waals surface area contributed by atoms with Crippen LogP contribution in [0, 0.1) is 0 Å². The largest absolute Gasteiger partial charge is 0.392 e. The van der Waals surface area contributed by atoms with Crippen LogP contribution in [0.5, 0.6) is 0 Å². The summed E-state index contributed by atoms with van der Waals surface area (Å²) in [6.45, 7) is -0.202. The average Bonchev–Trinajstić information content (AvgIpc) is 2.47. The van der Waals surface area contributed by atoms with Crippen molar-refractivity contribution in [1.82, 2.24) is 4.72 Å². The van der Waals surface area contributed by atoms with Crippen molar-refractivity contribution < 1.29 is 13.5 Å². The molecule has 0 spiro atoms. The SMILES string of the molecule is O=S(=O)(NCc1ccccc1Cl)c1cc(CO)ccc1Cl. The summed E-state index contributed by atoms with van der Waals surface area (Å²) in [5.74, 6) is 0. The topological polar surface area (TPSA) is 66.4 Å². The second kappa shape index (κ2) is 6.77. The van der Waals surface area contributed by atoms with Gasteiger partial charge < -0.3 is 5.11 Å². The standard InChI is InChI=1S/C14H13Cl2NO3S/c15-12-4-2-1-3-11(12)8-17-21(19,20)14-7-10(9-18)5-6-13(14)16/h1-7,17-18H,8-9H2. The van der Waals surface area contributed by atoms with Crippen LogP contribution in [0.3, 0.4) is 0 Å². The predicted octanol–water partition coefficient (Wildman–Crippen LogP) is 2.96. The van der Waals surface area contributed by atoms with E-state index in [9.17, 15) is 8.42 Å². The second-order valence-corrected chi connectivity index (χ2v) is 6.89. The zero-order valence-corrected chi connectivity index (χ0v) is 13.2. The van der Waals surface area contributed by atoms with Crippen LogP contribution in [-0.2, 0) is 23.2 Å². The summed E-state index contributed by atoms with van der Waals surface area (Å²) in [6.07, 6.45) is 0. The number of nitrogens with one attached hydrogen (secondary N) is 1. The zero-order chi connectivity index (χ0) is 15.5. The molecule has 0 saturated heterocycles. The van der Waals surface area contributed by atoms with Crippen LogP contribution in [0.2, 0.25) is 10.0 Å². The number of hydrogen-bond donors (Lipinski definition) is 2. The van der Waals surface area contributed by atoms with Crippen LogP contribution in [0.4, 0.5) is 0 Å². The summed E-state index contributed by atoms with van der Waals surface area (Å²) in [4.78, 5) is -0.0669. The smallest absolute Gasteiger partial charge is 0.242 e. The molecule has 4 nitrogen and oxygen atoms in total. The highest BCUT2D eigenvalue weighted by molar-refractivity contribution is 7.89. The molecule has 0 aliphatic rings. The van der Waals surface area contributed by atoms with Gasteiger partial charge in [0.05, 0.1) is 11.6 Å². The summed E-state index contributed by atoms with van der Waals surface area (Å²) in [5, 5.41) is 9.67. The molecule has 0 aliphatic carbocycles. The van der Waals surface area contributed by atoms with Gasteiger partial charge in [0.25, 0.3) is 0 Å². The molecule has 112 valence electrons. The summed E-state index contributed by atoms with van der Waals surface area (Å²) >= 11 is 11.9. The molecule has 0 heterocycles. The molecule has 2 aromatic carbocycles. The molecule has 0 amide bonds. The molecule has 0 unspecified atom stereocenters. The maximum Gasteiger partial charge on any atom is 0.242 e. The van der Waals surface area contributed by atoms with Gasteiger partial charge in [-0.1, -0.05) is 47.5 Å². The van der Waals surface area contributed by atoms with E-state index in [1.807, 2.05) is 0 Å². The molecule has 0 atom stereocenters. The maximum absolute atomic E-state index is 12.3. The third kappa shape index (κ3) is 3.96. The van der Waals surface area contributed by atoms with Crippen molar-refractivity contribution >= 4 is 33.2 Å². The van der Waals surface area contributed by atoms with E-state index in [4.69, 9.17) is 28.3 Å². The molecule has 7 heteroatoms. The van der Waals surface area contributed by atoms with Gasteiger partial charge in [0.2, 0.25) is 10.0 Å². The highest BCUT2D eigenvalue weighted by atomic mass is 35.5. The van der Waals surface area contributed by atoms with E-state index >= 15 is 0 Å². The molecule has 2 rings (SSSR count). The molecular formula is C14H13Cl2NO3S. The minimum absolute atomic E-state index is 0.0572. The van der Waals surface area contributed by atoms with Gasteiger partial charge in [-0.3, -0.25) is 0 Å². The van der Waals surface area contributed by atoms with Gasteiger partial charge >= 0.3 is 0 Å². The Morgan fingerprint density at radius 2 is 1.76 bits per heavy atom. The fourth-order valence-electron chi connectivity index (χ4n) is 1.74. The Morgan fingerprint density at radius 1 is 1.05 bits per heavy atom. The first-order valence-electron chi connectivity index (χ1n) is 6.06. The van der Waals surface area contributed by atoms with Crippen molar-refractivity contribution in [3.8, 4) is 0 Å². The zero-order valence-electron chi connectivity index (χ0n) is 10.9. The molecule has 2 N–H and O–H groups in total. The van der Waals surface area contributed by atoms with E-state index in [0.717, 1.165) is 0 Å². The molecule has 0 fully saturated rings. The van der Waals surface area contributed by atoms with Gasteiger partial charge in [-0.15, -0.1) is 0 Å². The van der Waals surface area contributed by atoms with Gasteiger partial charge in [-0.05, 0) is 29.3 Å². The number of hydrogen-bond acceptors (Lipinski definition) is 3. The quantitative estimate of drug-likeness (QED) is 0.875. The number of sulfonamides is 1. The van der Waals surface area contributed by atoms with Crippen LogP contribution in [0.25, 0.3) is 0 Å². The molecule has 0 aliphatic heterocycles. The van der Waals surface area contributed by atoms with Crippen LogP contribution in [0.15, 0.2) is 47.4 Å². The van der Waals surface area contributed by atoms with Gasteiger partial charge in [-0.25, -0.2) is 13.1 Å². The van der Waals surface area contributed by atoms with Crippen LogP contribution in [0.1, 0.15) is 11.1 Å². The van der Waals surface area contributed by atoms with E-state index in [1.54, 1.807) is 30.3 Å². The lowest BCUT2D eigenvalue weighted by molar-refractivity contribution is 0.281. The van der Waals surface area contributed by atoms with Crippen LogP contribution < -0.4 is 4.72 Å². The molecule has 0 aromatic heterocycles. The Morgan fingerprint density at radius 3 is 2.43 bits per heavy atom. The first-order valence-corrected chi connectivity index (χ1v) is 8.30. The van der Waals surface area contributed by atoms with E-state index in [-0.39, 0.29) is 23.1 Å². The van der Waals surface area contributed by atoms with E-state index in [2.05, 4.69) is 4.72 Å². The lowest BCUT2D eigenvalue weighted by Crippen LogP contribution is -2.23. The number of benzene rings is 2. The third-order valence-corrected chi connectivity index (χ3v) is 5.13. The number of aliphatic hydroxyl groups is 1. The monoisotopic (exact) mass is 345 g/mol. The van der Waals surface area contributed by atoms with E-state index < -0.39 is 10.0 Å². The normalized spacial score (nSPS) is 11.6. The molecule has 0 saturated carbocycles. The summed E-state index contributed by atoms with van der Waals surface area (Å²) in [6, 6.07) is 11.3. The molecule has 21 heavy (non-hydrogen) atoms. The predicted molar refractivity (Wildman–Crippen MR) is 82.9 cm³/mol. The lowest BCUT2D eigenvalue weighted by Gasteiger charge is -2.10. The molecule has 0 radical (unpaired) electrons. The lowest BCUT2D eigenvalue weighted by atomic mass is 10.2. The van der Waals surface area contributed by atoms with Crippen molar-refractivity contribution in [1.29, 1.82) is 0 Å². The van der Waals surface area contributed by atoms with Crippen molar-refractivity contribution in [3.05, 3.63) is 63.6 Å². The van der Waals surface area contributed by atoms with E-state index in [1.165, 1.54) is 12.1 Å². The fraction of sp³-hybridized carbons (Fsp3) is 0.143. The number of aliphatic hydroxyl groups excluding tert-OH is 1. The van der Waals surface area contributed by atoms with Gasteiger partial charge in [0.1, 0.15) is 4.90 Å². The van der Waals surface area contributed by atoms with Crippen LogP contribution >= 0.6 is 23.2 Å². The van der Waals surface area contributed by atoms with Gasteiger partial charge in [0, 0.05) is 11.6 Å². The average molecular weight is 346 g/mol. The summed E-state index contributed by atoms with van der Waals surface area (Å²) in [5.41, 5.74) is 1.13. The Kier molecular flexibility index (Phi) is 5.24. The maximum atomic E-state index is 12.3. The highest BCUT2D eigenvalue weighted by Crippen LogP contribution is 2.23. The Hall–Kier alpha value is -1.11. The Bertz CT molecular complexity index is 748. The molecule has 2 aromatic rings.